The van der Waals surface area contributed by atoms with E-state index in [1.165, 1.54) is 0 Å². The van der Waals surface area contributed by atoms with Crippen molar-refractivity contribution in [2.75, 3.05) is 6.61 Å². The average Bonchev–Trinajstić information content (AvgIpc) is 2.72. The summed E-state index contributed by atoms with van der Waals surface area (Å²) in [5.41, 5.74) is 1.02. The second kappa shape index (κ2) is 11.7. The number of benzene rings is 1. The molecule has 1 aromatic rings. The van der Waals surface area contributed by atoms with Crippen LogP contribution in [0, 0.1) is 5.92 Å². The molecule has 1 aromatic carbocycles. The van der Waals surface area contributed by atoms with E-state index in [0.717, 1.165) is 5.56 Å². The van der Waals surface area contributed by atoms with Crippen molar-refractivity contribution in [3.8, 4) is 0 Å². The summed E-state index contributed by atoms with van der Waals surface area (Å²) in [6.07, 6.45) is -1.06. The smallest absolute Gasteiger partial charge is 0.309 e. The van der Waals surface area contributed by atoms with Gasteiger partial charge < -0.3 is 23.7 Å². The molecule has 1 aliphatic rings. The van der Waals surface area contributed by atoms with Crippen LogP contribution in [0.3, 0.4) is 0 Å². The van der Waals surface area contributed by atoms with Gasteiger partial charge >= 0.3 is 5.97 Å². The molecule has 0 saturated carbocycles. The van der Waals surface area contributed by atoms with Crippen LogP contribution in [0.1, 0.15) is 59.4 Å². The van der Waals surface area contributed by atoms with Gasteiger partial charge in [0.15, 0.2) is 14.6 Å². The predicted molar refractivity (Wildman–Crippen MR) is 128 cm³/mol. The van der Waals surface area contributed by atoms with E-state index in [1.54, 1.807) is 0 Å². The SMILES string of the molecule is CCC(CC)C(=O)O[C@@H]1CC(O)O[C@H](CO[Si](C)(C)C(C)(C)C)[C@H]1OCc1ccccc1. The molecule has 32 heavy (non-hydrogen) atoms. The molecule has 1 unspecified atom stereocenters. The third-order valence-corrected chi connectivity index (χ3v) is 11.3. The lowest BCUT2D eigenvalue weighted by atomic mass is 10.00. The molecule has 7 heteroatoms. The summed E-state index contributed by atoms with van der Waals surface area (Å²) in [6.45, 7) is 15.5. The van der Waals surface area contributed by atoms with Gasteiger partial charge in [-0.2, -0.15) is 0 Å². The fourth-order valence-corrected chi connectivity index (χ4v) is 4.53. The minimum atomic E-state index is -2.04. The Morgan fingerprint density at radius 2 is 1.81 bits per heavy atom. The Morgan fingerprint density at radius 1 is 1.19 bits per heavy atom. The van der Waals surface area contributed by atoms with Crippen LogP contribution in [-0.4, -0.2) is 50.6 Å². The standard InChI is InChI=1S/C25H42O6Si/c1-8-19(9-2)24(27)31-20-15-22(26)30-21(17-29-32(6,7)25(3,4)5)23(20)28-16-18-13-11-10-12-14-18/h10-14,19-23,26H,8-9,15-17H2,1-7H3/t20-,21-,22?,23+/m1/s1. The van der Waals surface area contributed by atoms with Crippen LogP contribution in [-0.2, 0) is 30.0 Å². The van der Waals surface area contributed by atoms with Gasteiger partial charge in [0.25, 0.3) is 0 Å². The van der Waals surface area contributed by atoms with Crippen molar-refractivity contribution in [2.24, 2.45) is 5.92 Å². The van der Waals surface area contributed by atoms with E-state index in [0.29, 0.717) is 19.4 Å². The molecule has 0 amide bonds. The highest BCUT2D eigenvalue weighted by Crippen LogP contribution is 2.37. The van der Waals surface area contributed by atoms with E-state index in [2.05, 4.69) is 33.9 Å². The van der Waals surface area contributed by atoms with Crippen molar-refractivity contribution < 1.29 is 28.5 Å². The summed E-state index contributed by atoms with van der Waals surface area (Å²) in [4.78, 5) is 12.7. The van der Waals surface area contributed by atoms with Crippen LogP contribution in [0.15, 0.2) is 30.3 Å². The first-order chi connectivity index (χ1) is 15.0. The molecule has 0 aromatic heterocycles. The second-order valence-corrected chi connectivity index (χ2v) is 15.0. The van der Waals surface area contributed by atoms with Crippen LogP contribution in [0.4, 0.5) is 0 Å². The molecule has 0 spiro atoms. The number of ether oxygens (including phenoxy) is 3. The number of esters is 1. The summed E-state index contributed by atoms with van der Waals surface area (Å²) in [6, 6.07) is 9.86. The van der Waals surface area contributed by atoms with E-state index < -0.39 is 32.9 Å². The number of carbonyl (C=O) groups excluding carboxylic acids is 1. The summed E-state index contributed by atoms with van der Waals surface area (Å²) >= 11 is 0. The van der Waals surface area contributed by atoms with Crippen LogP contribution >= 0.6 is 0 Å². The number of aliphatic hydroxyl groups is 1. The number of hydrogen-bond acceptors (Lipinski definition) is 6. The molecule has 1 aliphatic heterocycles. The van der Waals surface area contributed by atoms with Crippen molar-refractivity contribution in [1.82, 2.24) is 0 Å². The van der Waals surface area contributed by atoms with Crippen molar-refractivity contribution in [1.29, 1.82) is 0 Å². The lowest BCUT2D eigenvalue weighted by Crippen LogP contribution is -2.55. The topological polar surface area (TPSA) is 74.2 Å². The lowest BCUT2D eigenvalue weighted by molar-refractivity contribution is -0.257. The third kappa shape index (κ3) is 7.38. The van der Waals surface area contributed by atoms with E-state index in [4.69, 9.17) is 18.6 Å². The summed E-state index contributed by atoms with van der Waals surface area (Å²) in [5, 5.41) is 10.4. The monoisotopic (exact) mass is 466 g/mol. The largest absolute Gasteiger partial charge is 0.459 e. The van der Waals surface area contributed by atoms with Gasteiger partial charge in [0.1, 0.15) is 18.3 Å². The van der Waals surface area contributed by atoms with Gasteiger partial charge in [0.05, 0.1) is 19.1 Å². The van der Waals surface area contributed by atoms with E-state index >= 15 is 0 Å². The van der Waals surface area contributed by atoms with E-state index in [-0.39, 0.29) is 30.0 Å². The highest BCUT2D eigenvalue weighted by Gasteiger charge is 2.44. The number of rotatable bonds is 10. The lowest BCUT2D eigenvalue weighted by Gasteiger charge is -2.42. The maximum Gasteiger partial charge on any atom is 0.309 e. The van der Waals surface area contributed by atoms with Crippen molar-refractivity contribution in [2.45, 2.75) is 103 Å². The molecule has 1 fully saturated rings. The number of carbonyl (C=O) groups is 1. The minimum absolute atomic E-state index is 0.0437. The fraction of sp³-hybridized carbons (Fsp3) is 0.720. The van der Waals surface area contributed by atoms with Gasteiger partial charge in [-0.3, -0.25) is 4.79 Å². The van der Waals surface area contributed by atoms with Gasteiger partial charge in [-0.1, -0.05) is 65.0 Å². The first kappa shape index (κ1) is 27.0. The Morgan fingerprint density at radius 3 is 2.38 bits per heavy atom. The van der Waals surface area contributed by atoms with Crippen LogP contribution in [0.25, 0.3) is 0 Å². The molecule has 2 rings (SSSR count). The molecule has 1 N–H and O–H groups in total. The maximum absolute atomic E-state index is 12.7. The Labute approximate surface area is 194 Å². The summed E-state index contributed by atoms with van der Waals surface area (Å²) in [7, 11) is -2.04. The van der Waals surface area contributed by atoms with Crippen molar-refractivity contribution >= 4 is 14.3 Å². The predicted octanol–water partition coefficient (Wildman–Crippen LogP) is 5.05. The third-order valence-electron chi connectivity index (χ3n) is 6.79. The Balaban J connectivity index is 2.20. The first-order valence-electron chi connectivity index (χ1n) is 11.8. The first-order valence-corrected chi connectivity index (χ1v) is 14.7. The molecule has 1 heterocycles. The summed E-state index contributed by atoms with van der Waals surface area (Å²) < 4.78 is 24.4. The van der Waals surface area contributed by atoms with E-state index in [9.17, 15) is 9.90 Å². The zero-order valence-electron chi connectivity index (χ0n) is 20.8. The van der Waals surface area contributed by atoms with Gasteiger partial charge in [0, 0.05) is 6.42 Å². The van der Waals surface area contributed by atoms with Crippen molar-refractivity contribution in [3.63, 3.8) is 0 Å². The average molecular weight is 467 g/mol. The quantitative estimate of drug-likeness (QED) is 0.384. The minimum Gasteiger partial charge on any atom is -0.459 e. The molecular weight excluding hydrogens is 424 g/mol. The summed E-state index contributed by atoms with van der Waals surface area (Å²) in [5.74, 6) is -0.404. The van der Waals surface area contributed by atoms with Gasteiger partial charge in [-0.25, -0.2) is 0 Å². The van der Waals surface area contributed by atoms with Crippen molar-refractivity contribution in [3.05, 3.63) is 35.9 Å². The molecule has 1 saturated heterocycles. The van der Waals surface area contributed by atoms with Crippen LogP contribution in [0.2, 0.25) is 18.1 Å². The second-order valence-electron chi connectivity index (χ2n) is 10.2. The zero-order valence-corrected chi connectivity index (χ0v) is 21.8. The molecule has 0 aliphatic carbocycles. The van der Waals surface area contributed by atoms with Gasteiger partial charge in [-0.15, -0.1) is 0 Å². The molecule has 0 radical (unpaired) electrons. The highest BCUT2D eigenvalue weighted by molar-refractivity contribution is 6.74. The highest BCUT2D eigenvalue weighted by atomic mass is 28.4. The number of aliphatic hydroxyl groups excluding tert-OH is 1. The van der Waals surface area contributed by atoms with Gasteiger partial charge in [0.2, 0.25) is 0 Å². The molecule has 182 valence electrons. The van der Waals surface area contributed by atoms with Crippen LogP contribution in [0.5, 0.6) is 0 Å². The maximum atomic E-state index is 12.7. The normalized spacial score (nSPS) is 24.5. The Bertz CT molecular complexity index is 698. The molecular formula is C25H42O6Si. The molecule has 4 atom stereocenters. The Kier molecular flexibility index (Phi) is 9.91. The van der Waals surface area contributed by atoms with Crippen LogP contribution < -0.4 is 0 Å². The fourth-order valence-electron chi connectivity index (χ4n) is 3.51. The molecule has 0 bridgehead atoms. The Hall–Kier alpha value is -1.25. The molecule has 6 nitrogen and oxygen atoms in total. The zero-order chi connectivity index (χ0) is 23.9. The van der Waals surface area contributed by atoms with E-state index in [1.807, 2.05) is 44.2 Å². The number of hydrogen-bond donors (Lipinski definition) is 1. The van der Waals surface area contributed by atoms with Gasteiger partial charge in [-0.05, 0) is 36.5 Å².